The molecule has 0 aliphatic carbocycles. The summed E-state index contributed by atoms with van der Waals surface area (Å²) >= 11 is 19.7. The molecular formula is C93H113B2BrCl3N17O20. The molecule has 724 valence electrons. The molecule has 4 aromatic heterocycles. The second kappa shape index (κ2) is 52.1. The van der Waals surface area contributed by atoms with Crippen LogP contribution >= 0.6 is 50.7 Å². The predicted molar refractivity (Wildman–Crippen MR) is 534 cm³/mol. The summed E-state index contributed by atoms with van der Waals surface area (Å²) in [4.78, 5) is 105. The molecule has 2 saturated heterocycles. The van der Waals surface area contributed by atoms with Crippen LogP contribution in [0, 0.1) is 30.3 Å². The molecule has 5 N–H and O–H groups in total. The molecule has 0 radical (unpaired) electrons. The van der Waals surface area contributed by atoms with Gasteiger partial charge >= 0.3 is 38.9 Å². The first kappa shape index (κ1) is 113. The Morgan fingerprint density at radius 3 is 1.10 bits per heavy atom. The summed E-state index contributed by atoms with van der Waals surface area (Å²) in [5, 5.41) is 47.9. The van der Waals surface area contributed by atoms with E-state index in [4.69, 9.17) is 78.1 Å². The van der Waals surface area contributed by atoms with Crippen LogP contribution in [0.4, 0.5) is 53.4 Å². The van der Waals surface area contributed by atoms with Crippen LogP contribution in [0.25, 0.3) is 27.8 Å². The molecule has 6 aliphatic heterocycles. The van der Waals surface area contributed by atoms with E-state index >= 15 is 0 Å². The third-order valence-electron chi connectivity index (χ3n) is 18.4. The Hall–Kier alpha value is -13.1. The first-order valence-electron chi connectivity index (χ1n) is 41.6. The van der Waals surface area contributed by atoms with Gasteiger partial charge in [-0.2, -0.15) is 10.2 Å². The number of allylic oxidation sites excluding steroid dienone is 4. The monoisotopic (exact) mass is 1990 g/mol. The number of non-ortho nitro benzene ring substituents is 3. The lowest BCUT2D eigenvalue weighted by Crippen LogP contribution is -2.41. The Morgan fingerprint density at radius 2 is 0.779 bits per heavy atom. The number of anilines is 3. The molecule has 0 bridgehead atoms. The largest absolute Gasteiger partial charge is 0.519 e. The van der Waals surface area contributed by atoms with Crippen LogP contribution in [-0.2, 0) is 47.0 Å². The van der Waals surface area contributed by atoms with Gasteiger partial charge in [-0.05, 0) is 279 Å². The number of benzene rings is 5. The average molecular weight is 2000 g/mol. The van der Waals surface area contributed by atoms with Crippen LogP contribution < -0.4 is 16.5 Å². The number of nitrogen functional groups attached to an aromatic ring is 1. The van der Waals surface area contributed by atoms with Gasteiger partial charge in [-0.3, -0.25) is 60.5 Å². The summed E-state index contributed by atoms with van der Waals surface area (Å²) in [6.07, 6.45) is 21.4. The van der Waals surface area contributed by atoms with Crippen LogP contribution in [0.3, 0.4) is 0 Å². The maximum Gasteiger partial charge on any atom is 0.519 e. The number of nitrogens with one attached hydrogen (secondary N) is 3. The fourth-order valence-electron chi connectivity index (χ4n) is 10.5. The zero-order chi connectivity index (χ0) is 100. The number of hydrogen-bond acceptors (Lipinski definition) is 32. The number of halogens is 4. The number of rotatable bonds is 11. The van der Waals surface area contributed by atoms with Gasteiger partial charge in [0.2, 0.25) is 10.6 Å². The molecule has 2 fully saturated rings. The van der Waals surface area contributed by atoms with Crippen molar-refractivity contribution >= 4 is 171 Å². The van der Waals surface area contributed by atoms with Gasteiger partial charge in [-0.1, -0.05) is 83.5 Å². The number of nitrogens with two attached hydrogens (primary N) is 1. The number of hydrogen-bond donors (Lipinski definition) is 4. The average Bonchev–Trinajstić information content (AvgIpc) is 1.63. The molecule has 15 rings (SSSR count). The molecule has 0 atom stereocenters. The van der Waals surface area contributed by atoms with E-state index in [9.17, 15) is 49.5 Å². The quantitative estimate of drug-likeness (QED) is 0.0107. The Morgan fingerprint density at radius 1 is 0.441 bits per heavy atom. The minimum atomic E-state index is -1.06. The number of nitro benzene ring substituents is 3. The second-order valence-electron chi connectivity index (χ2n) is 34.9. The van der Waals surface area contributed by atoms with Gasteiger partial charge in [-0.15, -0.1) is 0 Å². The zero-order valence-electron chi connectivity index (χ0n) is 78.3. The topological polar surface area (TPSA) is 486 Å². The summed E-state index contributed by atoms with van der Waals surface area (Å²) in [6.45, 7) is 39.4. The van der Waals surface area contributed by atoms with Crippen molar-refractivity contribution in [2.24, 2.45) is 20.0 Å². The highest BCUT2D eigenvalue weighted by molar-refractivity contribution is 9.10. The first-order chi connectivity index (χ1) is 63.0. The molecule has 0 spiro atoms. The number of H-pyrrole nitrogens is 2. The van der Waals surface area contributed by atoms with E-state index in [0.717, 1.165) is 79.8 Å². The van der Waals surface area contributed by atoms with Gasteiger partial charge in [0.1, 0.15) is 33.4 Å². The van der Waals surface area contributed by atoms with Gasteiger partial charge in [0.15, 0.2) is 0 Å². The molecule has 37 nitrogen and oxygen atoms in total. The van der Waals surface area contributed by atoms with E-state index in [1.54, 1.807) is 169 Å². The highest BCUT2D eigenvalue weighted by Gasteiger charge is 2.53. The highest BCUT2D eigenvalue weighted by atomic mass is 79.9. The van der Waals surface area contributed by atoms with Crippen molar-refractivity contribution in [3.63, 3.8) is 0 Å². The van der Waals surface area contributed by atoms with Crippen molar-refractivity contribution in [1.29, 1.82) is 0 Å². The number of nitro groups is 3. The molecule has 9 aromatic rings. The predicted octanol–water partition coefficient (Wildman–Crippen LogP) is 22.0. The summed E-state index contributed by atoms with van der Waals surface area (Å²) in [7, 11) is -0.551. The Kier molecular flexibility index (Phi) is 43.5. The molecule has 136 heavy (non-hydrogen) atoms. The van der Waals surface area contributed by atoms with E-state index in [2.05, 4.69) is 131 Å². The first-order valence-corrected chi connectivity index (χ1v) is 43.5. The Bertz CT molecular complexity index is 5530. The van der Waals surface area contributed by atoms with Crippen molar-refractivity contribution < 1.29 is 81.0 Å². The SMILES string of the molecule is C.CC(C)(C)OC(=O)OC(=O)OC(C)(C)C.CC(C)(C)OC(=O)OC(=O)OC(C)(C)C.CC1(C)OB(C2=CCN=C2)OC1(C)C.CC1(C)OB(c2cn[nH]c2)OC1(C)C.Clc1ccnc(Cl)n1.Clc1nccc(Nc2ccc(C3=CCN=C3)cc2)n1.Nc1ccc(C2=CCN=C2)cc1.O=[N+]([O-])c1ccc(-c2cn[nH]c2)cc1.O=[N+]([O-])c1ccc(Br)cc1.O=[N+]([O-])c1ccc(C2=CCN=C2)cc1. The van der Waals surface area contributed by atoms with Crippen LogP contribution in [-0.4, -0.2) is 190 Å². The van der Waals surface area contributed by atoms with E-state index in [1.807, 2.05) is 107 Å². The standard InChI is InChI=1S/C14H11ClN4.C10H16BNO2.C10H8N2O2.C10H10N2.2C10H18O5.C9H15BN2O2.C9H7N3O2.C6H4BrNO2.C4H2Cl2N2.CH4/c15-14-17-8-6-13(19-14)18-12-3-1-10(2-4-12)11-5-7-16-9-11;1-9(2)10(3,4)14-11(13-9)8-5-6-12-7-8;13-12(14)10-3-1-8(2-4-10)9-5-6-11-7-9;11-10-3-1-8(2-4-10)9-5-6-12-7-9;2*1-9(2,3)14-7(11)13-8(12)15-10(4,5)6;1-8(2)9(3,4)14-10(13-8)7-5-11-12-6-7;13-12(14)9-3-1-7(2-4-9)8-5-10-11-6-8;7-5-1-3-6(4-2-5)8(9)10;5-3-1-2-7-4(6)8-3;/h1-6,8-9H,7H2,(H,17,18,19);5,7H,6H2,1-4H3;1-5,7H,6H2;1-5,7H,6,11H2;2*1-6H3;5-6H,1-4H3,(H,11,12);1-6H,(H,10,11);1-4H;1-2H;1H4. The van der Waals surface area contributed by atoms with Crippen molar-refractivity contribution in [1.82, 2.24) is 40.3 Å². The fourth-order valence-corrected chi connectivity index (χ4v) is 11.3. The molecular weight excluding hydrogens is 1880 g/mol. The maximum atomic E-state index is 11.0. The molecule has 5 aromatic carbocycles. The van der Waals surface area contributed by atoms with Crippen molar-refractivity contribution in [3.8, 4) is 11.1 Å². The number of aliphatic imine (C=N–C) groups is 4. The summed E-state index contributed by atoms with van der Waals surface area (Å²) in [6, 6.07) is 38.3. The van der Waals surface area contributed by atoms with E-state index < -0.39 is 61.8 Å². The van der Waals surface area contributed by atoms with E-state index in [-0.39, 0.29) is 71.7 Å². The summed E-state index contributed by atoms with van der Waals surface area (Å²) in [5.74, 6) is 0.675. The summed E-state index contributed by atoms with van der Waals surface area (Å²) < 4.78 is 51.8. The zero-order valence-corrected chi connectivity index (χ0v) is 82.2. The fraction of sp³-hybridized carbons (Fsp3) is 0.355. The second-order valence-corrected chi connectivity index (χ2v) is 36.9. The van der Waals surface area contributed by atoms with Crippen molar-refractivity contribution in [2.45, 2.75) is 191 Å². The minimum Gasteiger partial charge on any atom is -0.428 e. The van der Waals surface area contributed by atoms with Gasteiger partial charge in [0.05, 0.1) is 69.6 Å². The normalized spacial score (nSPS) is 14.9. The molecule has 0 saturated carbocycles. The van der Waals surface area contributed by atoms with Crippen LogP contribution in [0.5, 0.6) is 0 Å². The van der Waals surface area contributed by atoms with Crippen molar-refractivity contribution in [2.75, 3.05) is 37.2 Å². The molecule has 43 heteroatoms. The Labute approximate surface area is 813 Å². The third kappa shape index (κ3) is 41.4. The van der Waals surface area contributed by atoms with Gasteiger partial charge < -0.3 is 58.1 Å². The third-order valence-corrected chi connectivity index (χ3v) is 19.5. The van der Waals surface area contributed by atoms with E-state index in [0.29, 0.717) is 17.5 Å². The van der Waals surface area contributed by atoms with Crippen molar-refractivity contribution in [3.05, 3.63) is 268 Å². The maximum absolute atomic E-state index is 11.0. The molecule has 6 aliphatic rings. The number of aromatic nitrogens is 8. The lowest BCUT2D eigenvalue weighted by molar-refractivity contribution is -0.385. The number of aromatic amines is 2. The van der Waals surface area contributed by atoms with E-state index in [1.165, 1.54) is 53.7 Å². The highest BCUT2D eigenvalue weighted by Crippen LogP contribution is 2.39. The smallest absolute Gasteiger partial charge is 0.428 e. The Balaban J connectivity index is 0.000000268. The number of ether oxygens (including phenoxy) is 6. The molecule has 0 unspecified atom stereocenters. The lowest BCUT2D eigenvalue weighted by Gasteiger charge is -2.32. The minimum absolute atomic E-state index is 0. The lowest BCUT2D eigenvalue weighted by atomic mass is 9.79. The number of carbonyl (C=O) groups is 4. The van der Waals surface area contributed by atoms with Gasteiger partial charge in [0.25, 0.3) is 17.1 Å². The van der Waals surface area contributed by atoms with Crippen LogP contribution in [0.1, 0.15) is 163 Å². The summed E-state index contributed by atoms with van der Waals surface area (Å²) in [5.41, 5.74) is 14.3. The van der Waals surface area contributed by atoms with Gasteiger partial charge in [0, 0.05) is 119 Å². The van der Waals surface area contributed by atoms with Gasteiger partial charge in [-0.25, -0.2) is 39.1 Å². The molecule has 0 amide bonds. The van der Waals surface area contributed by atoms with Crippen LogP contribution in [0.15, 0.2) is 225 Å². The number of carbonyl (C=O) groups excluding carboxylic acids is 4. The van der Waals surface area contributed by atoms with Crippen LogP contribution in [0.2, 0.25) is 15.7 Å². The molecule has 10 heterocycles. The number of nitrogens with zero attached hydrogens (tertiary/aromatic N) is 13.